The van der Waals surface area contributed by atoms with Gasteiger partial charge in [-0.1, -0.05) is 60.1 Å². The second-order valence-electron chi connectivity index (χ2n) is 5.27. The molecule has 0 aliphatic rings. The molecule has 0 nitrogen and oxygen atoms in total. The summed E-state index contributed by atoms with van der Waals surface area (Å²) in [6.45, 7) is 15.9. The number of hydrogen-bond donors (Lipinski definition) is 0. The zero-order chi connectivity index (χ0) is 9.94. The van der Waals surface area contributed by atoms with Gasteiger partial charge in [0.15, 0.2) is 0 Å². The Morgan fingerprint density at radius 2 is 1.42 bits per heavy atom. The second kappa shape index (κ2) is 4.11. The number of hydrogen-bond acceptors (Lipinski definition) is 0. The van der Waals surface area contributed by atoms with E-state index in [0.717, 1.165) is 0 Å². The van der Waals surface area contributed by atoms with E-state index >= 15 is 0 Å². The third-order valence-electron chi connectivity index (χ3n) is 2.00. The fraction of sp³-hybridized carbons (Fsp3) is 0.833. The zero-order valence-corrected chi connectivity index (χ0v) is 9.73. The van der Waals surface area contributed by atoms with Crippen molar-refractivity contribution in [3.63, 3.8) is 0 Å². The SMILES string of the molecule is CC(C)/C=C(\C(C)C)C(C)(C)C. The van der Waals surface area contributed by atoms with Gasteiger partial charge in [-0.2, -0.15) is 0 Å². The van der Waals surface area contributed by atoms with Crippen molar-refractivity contribution in [2.45, 2.75) is 48.5 Å². The summed E-state index contributed by atoms with van der Waals surface area (Å²) in [7, 11) is 0. The molecule has 0 atom stereocenters. The Morgan fingerprint density at radius 3 is 1.50 bits per heavy atom. The minimum Gasteiger partial charge on any atom is -0.0820 e. The molecule has 0 rings (SSSR count). The molecule has 0 aliphatic carbocycles. The van der Waals surface area contributed by atoms with Crippen LogP contribution in [0.25, 0.3) is 0 Å². The highest BCUT2D eigenvalue weighted by molar-refractivity contribution is 5.13. The first kappa shape index (κ1) is 11.7. The molecule has 0 aromatic carbocycles. The van der Waals surface area contributed by atoms with E-state index < -0.39 is 0 Å². The van der Waals surface area contributed by atoms with Crippen LogP contribution in [0.1, 0.15) is 48.5 Å². The van der Waals surface area contributed by atoms with Crippen molar-refractivity contribution < 1.29 is 0 Å². The summed E-state index contributed by atoms with van der Waals surface area (Å²) in [4.78, 5) is 0. The topological polar surface area (TPSA) is 0 Å². The number of allylic oxidation sites excluding steroid dienone is 2. The molecule has 72 valence electrons. The molecule has 0 bridgehead atoms. The van der Waals surface area contributed by atoms with Crippen molar-refractivity contribution in [2.24, 2.45) is 17.3 Å². The molecular weight excluding hydrogens is 144 g/mol. The van der Waals surface area contributed by atoms with E-state index in [1.807, 2.05) is 0 Å². The van der Waals surface area contributed by atoms with Crippen LogP contribution in [0.3, 0.4) is 0 Å². The van der Waals surface area contributed by atoms with Crippen LogP contribution in [0, 0.1) is 17.3 Å². The molecule has 0 aromatic heterocycles. The maximum absolute atomic E-state index is 2.41. The van der Waals surface area contributed by atoms with Gasteiger partial charge in [-0.25, -0.2) is 0 Å². The lowest BCUT2D eigenvalue weighted by Gasteiger charge is -2.27. The summed E-state index contributed by atoms with van der Waals surface area (Å²) in [6.07, 6.45) is 2.41. The quantitative estimate of drug-likeness (QED) is 0.540. The van der Waals surface area contributed by atoms with Crippen LogP contribution in [0.15, 0.2) is 11.6 Å². The summed E-state index contributed by atoms with van der Waals surface area (Å²) in [5, 5.41) is 0. The fourth-order valence-electron chi connectivity index (χ4n) is 1.67. The first-order chi connectivity index (χ1) is 5.25. The molecule has 0 saturated heterocycles. The van der Waals surface area contributed by atoms with Crippen LogP contribution in [-0.2, 0) is 0 Å². The largest absolute Gasteiger partial charge is 0.0820 e. The standard InChI is InChI=1S/C12H24/c1-9(2)8-11(10(3)4)12(5,6)7/h8-10H,1-7H3/b11-8+. The maximum atomic E-state index is 2.41. The molecule has 12 heavy (non-hydrogen) atoms. The van der Waals surface area contributed by atoms with Crippen LogP contribution >= 0.6 is 0 Å². The smallest absolute Gasteiger partial charge is 0.0170 e. The predicted octanol–water partition coefficient (Wildman–Crippen LogP) is 4.27. The Kier molecular flexibility index (Phi) is 4.02. The van der Waals surface area contributed by atoms with Crippen LogP contribution < -0.4 is 0 Å². The van der Waals surface area contributed by atoms with Gasteiger partial charge in [-0.05, 0) is 17.3 Å². The highest BCUT2D eigenvalue weighted by atomic mass is 14.2. The predicted molar refractivity (Wildman–Crippen MR) is 57.2 cm³/mol. The Bertz CT molecular complexity index is 153. The fourth-order valence-corrected chi connectivity index (χ4v) is 1.67. The van der Waals surface area contributed by atoms with E-state index in [9.17, 15) is 0 Å². The lowest BCUT2D eigenvalue weighted by atomic mass is 9.79. The van der Waals surface area contributed by atoms with Gasteiger partial charge in [-0.15, -0.1) is 0 Å². The highest BCUT2D eigenvalue weighted by Gasteiger charge is 2.19. The van der Waals surface area contributed by atoms with E-state index in [0.29, 0.717) is 17.3 Å². The highest BCUT2D eigenvalue weighted by Crippen LogP contribution is 2.32. The van der Waals surface area contributed by atoms with Gasteiger partial charge in [0.25, 0.3) is 0 Å². The van der Waals surface area contributed by atoms with Crippen LogP contribution in [0.2, 0.25) is 0 Å². The van der Waals surface area contributed by atoms with Gasteiger partial charge in [0.2, 0.25) is 0 Å². The molecule has 0 spiro atoms. The Balaban J connectivity index is 4.68. The van der Waals surface area contributed by atoms with E-state index in [1.54, 1.807) is 5.57 Å². The molecule has 0 heteroatoms. The van der Waals surface area contributed by atoms with Gasteiger partial charge < -0.3 is 0 Å². The van der Waals surface area contributed by atoms with E-state index in [1.165, 1.54) is 0 Å². The van der Waals surface area contributed by atoms with Crippen molar-refractivity contribution in [1.29, 1.82) is 0 Å². The first-order valence-corrected chi connectivity index (χ1v) is 4.97. The minimum absolute atomic E-state index is 0.332. The minimum atomic E-state index is 0.332. The first-order valence-electron chi connectivity index (χ1n) is 4.97. The average Bonchev–Trinajstić information content (AvgIpc) is 1.79. The van der Waals surface area contributed by atoms with Crippen molar-refractivity contribution in [3.05, 3.63) is 11.6 Å². The molecule has 0 fully saturated rings. The van der Waals surface area contributed by atoms with Gasteiger partial charge in [0, 0.05) is 0 Å². The zero-order valence-electron chi connectivity index (χ0n) is 9.73. The molecule has 0 heterocycles. The third kappa shape index (κ3) is 3.94. The molecule has 0 aromatic rings. The molecule has 0 amide bonds. The second-order valence-corrected chi connectivity index (χ2v) is 5.27. The third-order valence-corrected chi connectivity index (χ3v) is 2.00. The van der Waals surface area contributed by atoms with Crippen molar-refractivity contribution in [1.82, 2.24) is 0 Å². The van der Waals surface area contributed by atoms with Crippen LogP contribution in [0.4, 0.5) is 0 Å². The van der Waals surface area contributed by atoms with E-state index in [-0.39, 0.29) is 0 Å². The summed E-state index contributed by atoms with van der Waals surface area (Å²) < 4.78 is 0. The lowest BCUT2D eigenvalue weighted by Crippen LogP contribution is -2.15. The summed E-state index contributed by atoms with van der Waals surface area (Å²) in [5.41, 5.74) is 1.91. The number of rotatable bonds is 2. The molecular formula is C12H24. The summed E-state index contributed by atoms with van der Waals surface area (Å²) in [5.74, 6) is 1.34. The van der Waals surface area contributed by atoms with E-state index in [2.05, 4.69) is 54.5 Å². The lowest BCUT2D eigenvalue weighted by molar-refractivity contribution is 0.442. The molecule has 0 radical (unpaired) electrons. The molecule has 0 saturated carbocycles. The Labute approximate surface area is 78.1 Å². The van der Waals surface area contributed by atoms with Crippen molar-refractivity contribution >= 4 is 0 Å². The van der Waals surface area contributed by atoms with Crippen molar-refractivity contribution in [2.75, 3.05) is 0 Å². The van der Waals surface area contributed by atoms with Gasteiger partial charge in [0.05, 0.1) is 0 Å². The van der Waals surface area contributed by atoms with Crippen LogP contribution in [0.5, 0.6) is 0 Å². The van der Waals surface area contributed by atoms with E-state index in [4.69, 9.17) is 0 Å². The monoisotopic (exact) mass is 168 g/mol. The summed E-state index contributed by atoms with van der Waals surface area (Å²) >= 11 is 0. The van der Waals surface area contributed by atoms with Gasteiger partial charge >= 0.3 is 0 Å². The normalized spacial score (nSPS) is 14.6. The van der Waals surface area contributed by atoms with Gasteiger partial charge in [0.1, 0.15) is 0 Å². The van der Waals surface area contributed by atoms with Crippen LogP contribution in [-0.4, -0.2) is 0 Å². The molecule has 0 N–H and O–H groups in total. The molecule has 0 unspecified atom stereocenters. The maximum Gasteiger partial charge on any atom is -0.0170 e. The van der Waals surface area contributed by atoms with Gasteiger partial charge in [-0.3, -0.25) is 0 Å². The summed E-state index contributed by atoms with van der Waals surface area (Å²) in [6, 6.07) is 0. The average molecular weight is 168 g/mol. The molecule has 0 aliphatic heterocycles. The van der Waals surface area contributed by atoms with Crippen molar-refractivity contribution in [3.8, 4) is 0 Å². The Morgan fingerprint density at radius 1 is 1.00 bits per heavy atom. The Hall–Kier alpha value is -0.260.